The van der Waals surface area contributed by atoms with Crippen molar-refractivity contribution >= 4 is 11.2 Å². The van der Waals surface area contributed by atoms with E-state index in [2.05, 4.69) is 34.6 Å². The van der Waals surface area contributed by atoms with E-state index in [1.54, 1.807) is 0 Å². The first-order valence-electron chi connectivity index (χ1n) is 5.74. The molecule has 0 amide bonds. The smallest absolute Gasteiger partial charge is 0.126 e. The van der Waals surface area contributed by atoms with Gasteiger partial charge >= 0.3 is 0 Å². The van der Waals surface area contributed by atoms with Crippen LogP contribution < -0.4 is 0 Å². The summed E-state index contributed by atoms with van der Waals surface area (Å²) in [6.07, 6.45) is 1.17. The van der Waals surface area contributed by atoms with E-state index in [-0.39, 0.29) is 4.75 Å². The first kappa shape index (κ1) is 10.8. The minimum Gasteiger partial charge on any atom is -0.616 e. The van der Waals surface area contributed by atoms with E-state index in [0.717, 1.165) is 17.6 Å². The van der Waals surface area contributed by atoms with Crippen LogP contribution in [0.2, 0.25) is 0 Å². The van der Waals surface area contributed by atoms with Crippen molar-refractivity contribution in [3.05, 3.63) is 0 Å². The molecular formula is C12H22OS. The molecule has 2 fully saturated rings. The Morgan fingerprint density at radius 3 is 2.29 bits per heavy atom. The Hall–Kier alpha value is 0.310. The van der Waals surface area contributed by atoms with E-state index < -0.39 is 11.2 Å². The van der Waals surface area contributed by atoms with Crippen LogP contribution in [0.3, 0.4) is 0 Å². The molecule has 0 aromatic heterocycles. The second-order valence-corrected chi connectivity index (χ2v) is 8.15. The van der Waals surface area contributed by atoms with Crippen molar-refractivity contribution in [2.24, 2.45) is 23.2 Å². The molecule has 1 nitrogen and oxygen atoms in total. The molecule has 2 aliphatic carbocycles. The predicted molar refractivity (Wildman–Crippen MR) is 61.6 cm³/mol. The highest BCUT2D eigenvalue weighted by Gasteiger charge is 2.75. The Morgan fingerprint density at radius 2 is 1.93 bits per heavy atom. The lowest BCUT2D eigenvalue weighted by Gasteiger charge is -2.33. The lowest BCUT2D eigenvalue weighted by Crippen LogP contribution is -2.39. The average molecular weight is 214 g/mol. The highest BCUT2D eigenvalue weighted by atomic mass is 32.2. The third kappa shape index (κ3) is 1.13. The fourth-order valence-corrected chi connectivity index (χ4v) is 6.21. The van der Waals surface area contributed by atoms with Gasteiger partial charge in [-0.25, -0.2) is 0 Å². The van der Waals surface area contributed by atoms with Crippen molar-refractivity contribution in [3.8, 4) is 0 Å². The Morgan fingerprint density at radius 1 is 1.36 bits per heavy atom. The Bertz CT molecular complexity index is 251. The van der Waals surface area contributed by atoms with E-state index >= 15 is 0 Å². The number of hydrogen-bond acceptors (Lipinski definition) is 1. The normalized spacial score (nSPS) is 51.4. The summed E-state index contributed by atoms with van der Waals surface area (Å²) in [7, 11) is 0. The number of rotatable bonds is 2. The summed E-state index contributed by atoms with van der Waals surface area (Å²) in [6, 6.07) is 0. The van der Waals surface area contributed by atoms with Crippen LogP contribution in [-0.4, -0.2) is 15.1 Å². The van der Waals surface area contributed by atoms with Gasteiger partial charge in [-0.05, 0) is 42.3 Å². The van der Waals surface area contributed by atoms with Gasteiger partial charge in [0.15, 0.2) is 0 Å². The summed E-state index contributed by atoms with van der Waals surface area (Å²) in [5.74, 6) is 3.15. The van der Waals surface area contributed by atoms with Crippen molar-refractivity contribution in [1.29, 1.82) is 0 Å². The quantitative estimate of drug-likeness (QED) is 0.648. The molecule has 2 aliphatic rings. The molecular weight excluding hydrogens is 192 g/mol. The molecule has 0 aromatic carbocycles. The maximum absolute atomic E-state index is 12.1. The molecule has 0 bridgehead atoms. The van der Waals surface area contributed by atoms with Gasteiger partial charge in [0.1, 0.15) is 10.5 Å². The summed E-state index contributed by atoms with van der Waals surface area (Å²) < 4.78 is 12.2. The maximum atomic E-state index is 12.1. The largest absolute Gasteiger partial charge is 0.616 e. The lowest BCUT2D eigenvalue weighted by atomic mass is 9.89. The SMILES string of the molecule is CC[S+]([O-])C1(C)CC(C)C2C1C2(C)C. The van der Waals surface area contributed by atoms with Gasteiger partial charge < -0.3 is 4.55 Å². The molecule has 5 atom stereocenters. The Kier molecular flexibility index (Phi) is 2.25. The van der Waals surface area contributed by atoms with Crippen LogP contribution in [0.15, 0.2) is 0 Å². The number of hydrogen-bond donors (Lipinski definition) is 0. The highest BCUT2D eigenvalue weighted by molar-refractivity contribution is 7.92. The second kappa shape index (κ2) is 2.91. The third-order valence-electron chi connectivity index (χ3n) is 4.69. The monoisotopic (exact) mass is 214 g/mol. The molecule has 2 heteroatoms. The topological polar surface area (TPSA) is 23.1 Å². The van der Waals surface area contributed by atoms with Crippen molar-refractivity contribution in [2.75, 3.05) is 5.75 Å². The summed E-state index contributed by atoms with van der Waals surface area (Å²) in [6.45, 7) is 11.3. The Balaban J connectivity index is 2.24. The standard InChI is InChI=1S/C12H22OS/c1-6-14(13)12(5)7-8(2)9-10(12)11(9,3)4/h8-10H,6-7H2,1-5H3. The average Bonchev–Trinajstić information content (AvgIpc) is 2.54. The molecule has 2 saturated carbocycles. The van der Waals surface area contributed by atoms with E-state index in [4.69, 9.17) is 0 Å². The van der Waals surface area contributed by atoms with Crippen LogP contribution in [0.4, 0.5) is 0 Å². The molecule has 0 saturated heterocycles. The van der Waals surface area contributed by atoms with Crippen LogP contribution in [0.5, 0.6) is 0 Å². The first-order valence-corrected chi connectivity index (χ1v) is 7.06. The van der Waals surface area contributed by atoms with Gasteiger partial charge in [0.25, 0.3) is 0 Å². The molecule has 0 spiro atoms. The van der Waals surface area contributed by atoms with Crippen molar-refractivity contribution < 1.29 is 4.55 Å². The van der Waals surface area contributed by atoms with Crippen LogP contribution >= 0.6 is 0 Å². The van der Waals surface area contributed by atoms with Gasteiger partial charge in [0, 0.05) is 12.3 Å². The van der Waals surface area contributed by atoms with Crippen LogP contribution in [0.1, 0.15) is 41.0 Å². The van der Waals surface area contributed by atoms with Crippen LogP contribution in [-0.2, 0) is 11.2 Å². The molecule has 0 radical (unpaired) electrons. The second-order valence-electron chi connectivity index (χ2n) is 5.95. The zero-order chi connectivity index (χ0) is 10.7. The van der Waals surface area contributed by atoms with Gasteiger partial charge in [-0.3, -0.25) is 0 Å². The van der Waals surface area contributed by atoms with Gasteiger partial charge in [0.2, 0.25) is 0 Å². The third-order valence-corrected chi connectivity index (χ3v) is 6.68. The zero-order valence-corrected chi connectivity index (χ0v) is 10.8. The lowest BCUT2D eigenvalue weighted by molar-refractivity contribution is 0.345. The minimum atomic E-state index is -0.624. The van der Waals surface area contributed by atoms with Crippen LogP contribution in [0.25, 0.3) is 0 Å². The van der Waals surface area contributed by atoms with Crippen molar-refractivity contribution in [3.63, 3.8) is 0 Å². The van der Waals surface area contributed by atoms with Gasteiger partial charge in [-0.2, -0.15) is 0 Å². The molecule has 0 N–H and O–H groups in total. The van der Waals surface area contributed by atoms with Gasteiger partial charge in [0.05, 0.1) is 0 Å². The minimum absolute atomic E-state index is 0.113. The molecule has 2 rings (SSSR count). The number of fused-ring (bicyclic) bond motifs is 1. The molecule has 0 aromatic rings. The predicted octanol–water partition coefficient (Wildman–Crippen LogP) is 2.83. The summed E-state index contributed by atoms with van der Waals surface area (Å²) >= 11 is -0.624. The summed E-state index contributed by atoms with van der Waals surface area (Å²) in [5, 5.41) is 0. The van der Waals surface area contributed by atoms with E-state index in [0.29, 0.717) is 11.3 Å². The maximum Gasteiger partial charge on any atom is 0.126 e. The molecule has 5 unspecified atom stereocenters. The van der Waals surface area contributed by atoms with Crippen LogP contribution in [0, 0.1) is 23.2 Å². The molecule has 82 valence electrons. The van der Waals surface area contributed by atoms with Crippen molar-refractivity contribution in [1.82, 2.24) is 0 Å². The Labute approximate surface area is 90.8 Å². The zero-order valence-electron chi connectivity index (χ0n) is 9.96. The van der Waals surface area contributed by atoms with E-state index in [1.165, 1.54) is 6.42 Å². The summed E-state index contributed by atoms with van der Waals surface area (Å²) in [5.41, 5.74) is 0.456. The van der Waals surface area contributed by atoms with Gasteiger partial charge in [-0.1, -0.05) is 20.8 Å². The molecule has 14 heavy (non-hydrogen) atoms. The van der Waals surface area contributed by atoms with Crippen molar-refractivity contribution in [2.45, 2.75) is 45.8 Å². The van der Waals surface area contributed by atoms with E-state index in [9.17, 15) is 4.55 Å². The van der Waals surface area contributed by atoms with Gasteiger partial charge in [-0.15, -0.1) is 0 Å². The fraction of sp³-hybridized carbons (Fsp3) is 1.00. The summed E-state index contributed by atoms with van der Waals surface area (Å²) in [4.78, 5) is 0. The first-order chi connectivity index (χ1) is 6.35. The fourth-order valence-electron chi connectivity index (χ4n) is 4.36. The molecule has 0 aliphatic heterocycles. The van der Waals surface area contributed by atoms with E-state index in [1.807, 2.05) is 0 Å². The highest BCUT2D eigenvalue weighted by Crippen LogP contribution is 2.74. The molecule has 0 heterocycles.